The van der Waals surface area contributed by atoms with E-state index in [1.54, 1.807) is 0 Å². The summed E-state index contributed by atoms with van der Waals surface area (Å²) in [4.78, 5) is 6.13. The molecule has 0 radical (unpaired) electrons. The van der Waals surface area contributed by atoms with Gasteiger partial charge in [0.1, 0.15) is 9.84 Å². The monoisotopic (exact) mass is 263 g/mol. The van der Waals surface area contributed by atoms with E-state index >= 15 is 0 Å². The molecule has 0 fully saturated rings. The van der Waals surface area contributed by atoms with Crippen LogP contribution < -0.4 is 5.73 Å². The van der Waals surface area contributed by atoms with Gasteiger partial charge in [-0.3, -0.25) is 0 Å². The molecule has 0 spiro atoms. The Hall–Kier alpha value is -0.660. The van der Waals surface area contributed by atoms with Crippen molar-refractivity contribution in [1.82, 2.24) is 9.88 Å². The summed E-state index contributed by atoms with van der Waals surface area (Å²) in [5.74, 6) is 0.197. The fourth-order valence-corrected chi connectivity index (χ4v) is 2.42. The zero-order valence-electron chi connectivity index (χ0n) is 9.51. The van der Waals surface area contributed by atoms with Crippen LogP contribution in [0.25, 0.3) is 0 Å². The maximum absolute atomic E-state index is 11.0. The van der Waals surface area contributed by atoms with Crippen molar-refractivity contribution in [3.8, 4) is 0 Å². The number of hydrogen-bond acceptors (Lipinski definition) is 6. The smallest absolute Gasteiger partial charge is 0.180 e. The quantitative estimate of drug-likeness (QED) is 0.796. The van der Waals surface area contributed by atoms with Gasteiger partial charge in [0.15, 0.2) is 5.13 Å². The molecule has 0 saturated heterocycles. The Balaban J connectivity index is 2.28. The molecule has 16 heavy (non-hydrogen) atoms. The third-order valence-electron chi connectivity index (χ3n) is 2.16. The first-order chi connectivity index (χ1) is 7.37. The van der Waals surface area contributed by atoms with Gasteiger partial charge >= 0.3 is 0 Å². The molecule has 0 amide bonds. The highest BCUT2D eigenvalue weighted by Gasteiger charge is 2.06. The van der Waals surface area contributed by atoms with E-state index in [4.69, 9.17) is 5.73 Å². The molecule has 0 atom stereocenters. The predicted molar refractivity (Wildman–Crippen MR) is 67.4 cm³/mol. The second kappa shape index (κ2) is 5.60. The summed E-state index contributed by atoms with van der Waals surface area (Å²) in [6.07, 6.45) is 2.05. The van der Waals surface area contributed by atoms with Crippen molar-refractivity contribution in [2.75, 3.05) is 37.9 Å². The van der Waals surface area contributed by atoms with Crippen LogP contribution in [-0.4, -0.2) is 50.4 Å². The average Bonchev–Trinajstić information content (AvgIpc) is 2.57. The van der Waals surface area contributed by atoms with Crippen LogP contribution in [0, 0.1) is 0 Å². The molecule has 0 aromatic carbocycles. The first-order valence-electron chi connectivity index (χ1n) is 4.93. The van der Waals surface area contributed by atoms with Crippen LogP contribution in [0.2, 0.25) is 0 Å². The molecule has 0 bridgehead atoms. The molecular formula is C9H17N3O2S2. The molecule has 1 aromatic heterocycles. The topological polar surface area (TPSA) is 76.3 Å². The van der Waals surface area contributed by atoms with E-state index in [2.05, 4.69) is 4.98 Å². The molecule has 1 aromatic rings. The molecule has 5 nitrogen and oxygen atoms in total. The third kappa shape index (κ3) is 5.43. The molecular weight excluding hydrogens is 246 g/mol. The normalized spacial score (nSPS) is 12.2. The summed E-state index contributed by atoms with van der Waals surface area (Å²) in [5.41, 5.74) is 6.48. The van der Waals surface area contributed by atoms with E-state index in [9.17, 15) is 8.42 Å². The lowest BCUT2D eigenvalue weighted by Gasteiger charge is -2.14. The lowest BCUT2D eigenvalue weighted by Crippen LogP contribution is -2.27. The Bertz CT molecular complexity index is 428. The predicted octanol–water partition coefficient (Wildman–Crippen LogP) is 0.244. The minimum atomic E-state index is -2.87. The van der Waals surface area contributed by atoms with Crippen molar-refractivity contribution >= 4 is 26.3 Å². The molecule has 2 N–H and O–H groups in total. The van der Waals surface area contributed by atoms with Crippen molar-refractivity contribution in [2.24, 2.45) is 0 Å². The first-order valence-corrected chi connectivity index (χ1v) is 7.87. The number of rotatable bonds is 6. The minimum Gasteiger partial charge on any atom is -0.375 e. The number of nitrogens with two attached hydrogens (primary N) is 1. The van der Waals surface area contributed by atoms with Crippen molar-refractivity contribution in [3.63, 3.8) is 0 Å². The van der Waals surface area contributed by atoms with Gasteiger partial charge in [-0.05, 0) is 7.05 Å². The zero-order valence-corrected chi connectivity index (χ0v) is 11.1. The number of hydrogen-bond donors (Lipinski definition) is 1. The summed E-state index contributed by atoms with van der Waals surface area (Å²) >= 11 is 1.43. The Labute approximate surface area is 100 Å². The fraction of sp³-hybridized carbons (Fsp3) is 0.667. The van der Waals surface area contributed by atoms with E-state index in [1.807, 2.05) is 17.3 Å². The second-order valence-corrected chi connectivity index (χ2v) is 7.01. The molecule has 0 aliphatic heterocycles. The van der Waals surface area contributed by atoms with Crippen molar-refractivity contribution in [3.05, 3.63) is 11.1 Å². The van der Waals surface area contributed by atoms with Crippen molar-refractivity contribution < 1.29 is 8.42 Å². The third-order valence-corrected chi connectivity index (χ3v) is 3.81. The maximum atomic E-state index is 11.0. The van der Waals surface area contributed by atoms with Gasteiger partial charge in [-0.2, -0.15) is 0 Å². The number of nitrogens with zero attached hydrogens (tertiary/aromatic N) is 2. The average molecular weight is 263 g/mol. The van der Waals surface area contributed by atoms with Gasteiger partial charge in [0.05, 0.1) is 11.4 Å². The molecule has 0 unspecified atom stereocenters. The van der Waals surface area contributed by atoms with E-state index in [-0.39, 0.29) is 5.75 Å². The van der Waals surface area contributed by atoms with Gasteiger partial charge in [0, 0.05) is 31.1 Å². The van der Waals surface area contributed by atoms with E-state index in [0.29, 0.717) is 11.7 Å². The van der Waals surface area contributed by atoms with Gasteiger partial charge in [-0.15, -0.1) is 11.3 Å². The van der Waals surface area contributed by atoms with E-state index < -0.39 is 9.84 Å². The Morgan fingerprint density at radius 2 is 2.19 bits per heavy atom. The van der Waals surface area contributed by atoms with E-state index in [1.165, 1.54) is 17.6 Å². The highest BCUT2D eigenvalue weighted by Crippen LogP contribution is 2.11. The largest absolute Gasteiger partial charge is 0.375 e. The first kappa shape index (κ1) is 13.4. The molecule has 92 valence electrons. The van der Waals surface area contributed by atoms with Crippen LogP contribution in [-0.2, 0) is 16.3 Å². The fourth-order valence-electron chi connectivity index (χ4n) is 1.18. The number of sulfone groups is 1. The highest BCUT2D eigenvalue weighted by molar-refractivity contribution is 7.90. The molecule has 1 heterocycles. The maximum Gasteiger partial charge on any atom is 0.180 e. The molecule has 0 aliphatic rings. The Kier molecular flexibility index (Phi) is 4.69. The van der Waals surface area contributed by atoms with Crippen LogP contribution in [0.15, 0.2) is 5.38 Å². The van der Waals surface area contributed by atoms with Crippen LogP contribution in [0.1, 0.15) is 5.69 Å². The molecule has 0 aliphatic carbocycles. The highest BCUT2D eigenvalue weighted by atomic mass is 32.2. The second-order valence-electron chi connectivity index (χ2n) is 3.86. The lowest BCUT2D eigenvalue weighted by atomic mass is 10.3. The summed E-state index contributed by atoms with van der Waals surface area (Å²) in [5, 5.41) is 2.51. The molecule has 1 rings (SSSR count). The Morgan fingerprint density at radius 1 is 1.50 bits per heavy atom. The minimum absolute atomic E-state index is 0.197. The van der Waals surface area contributed by atoms with Gasteiger partial charge < -0.3 is 10.6 Å². The zero-order chi connectivity index (χ0) is 12.2. The number of likely N-dealkylation sites (N-methyl/N-ethyl adjacent to an activating group) is 1. The van der Waals surface area contributed by atoms with Crippen LogP contribution in [0.3, 0.4) is 0 Å². The Morgan fingerprint density at radius 3 is 2.69 bits per heavy atom. The summed E-state index contributed by atoms with van der Waals surface area (Å²) in [6, 6.07) is 0. The standard InChI is InChI=1S/C9H17N3O2S2/c1-12(5-6-16(2,13)14)4-3-8-7-15-9(10)11-8/h7H,3-6H2,1-2H3,(H2,10,11). The SMILES string of the molecule is CN(CCc1csc(N)n1)CCS(C)(=O)=O. The van der Waals surface area contributed by atoms with Gasteiger partial charge in [-0.1, -0.05) is 0 Å². The number of thiazole rings is 1. The van der Waals surface area contributed by atoms with Crippen LogP contribution in [0.4, 0.5) is 5.13 Å². The van der Waals surface area contributed by atoms with Crippen molar-refractivity contribution in [2.45, 2.75) is 6.42 Å². The van der Waals surface area contributed by atoms with Crippen LogP contribution in [0.5, 0.6) is 0 Å². The molecule has 0 saturated carbocycles. The summed E-state index contributed by atoms with van der Waals surface area (Å²) in [7, 11) is -0.970. The number of nitrogen functional groups attached to an aromatic ring is 1. The molecule has 7 heteroatoms. The van der Waals surface area contributed by atoms with E-state index in [0.717, 1.165) is 18.7 Å². The van der Waals surface area contributed by atoms with Crippen LogP contribution >= 0.6 is 11.3 Å². The van der Waals surface area contributed by atoms with Crippen molar-refractivity contribution in [1.29, 1.82) is 0 Å². The van der Waals surface area contributed by atoms with Gasteiger partial charge in [-0.25, -0.2) is 13.4 Å². The number of anilines is 1. The summed E-state index contributed by atoms with van der Waals surface area (Å²) < 4.78 is 21.9. The summed E-state index contributed by atoms with van der Waals surface area (Å²) in [6.45, 7) is 1.34. The number of aromatic nitrogens is 1. The lowest BCUT2D eigenvalue weighted by molar-refractivity contribution is 0.357. The van der Waals surface area contributed by atoms with Gasteiger partial charge in [0.25, 0.3) is 0 Å². The van der Waals surface area contributed by atoms with Gasteiger partial charge in [0.2, 0.25) is 0 Å².